The fourth-order valence-electron chi connectivity index (χ4n) is 3.50. The van der Waals surface area contributed by atoms with Crippen molar-refractivity contribution in [3.63, 3.8) is 0 Å². The molecular formula is C26H37N2NaO5S. The van der Waals surface area contributed by atoms with Crippen LogP contribution in [0.25, 0.3) is 0 Å². The van der Waals surface area contributed by atoms with Gasteiger partial charge in [0.2, 0.25) is 0 Å². The van der Waals surface area contributed by atoms with Crippen LogP contribution in [-0.2, 0) is 10.1 Å². The zero-order valence-corrected chi connectivity index (χ0v) is 20.8. The Labute approximate surface area is 231 Å². The molecule has 2 aromatic rings. The molecular weight excluding hydrogens is 475 g/mol. The standard InChI is InChI=1S/C26H36N2O5S.Na.H/c1-2-3-4-5-6-7-8-9-18-32-26-19-23(14-17-25(26)33-20-21-10-11-21)28-27-22-12-15-24(16-13-22)34(29,30)31;;/h12-17,19,21H,2-11,18,20H2,1H3,(H,29,30,31);;/b28-27+;;. The molecule has 0 heterocycles. The van der Waals surface area contributed by atoms with Crippen molar-refractivity contribution in [3.05, 3.63) is 42.5 Å². The van der Waals surface area contributed by atoms with Crippen LogP contribution in [0.5, 0.6) is 11.5 Å². The molecule has 0 aromatic heterocycles. The number of hydrogen-bond acceptors (Lipinski definition) is 6. The fourth-order valence-corrected chi connectivity index (χ4v) is 3.98. The molecule has 7 nitrogen and oxygen atoms in total. The number of nitrogens with zero attached hydrogens (tertiary/aromatic N) is 2. The first-order valence-electron chi connectivity index (χ1n) is 12.3. The molecule has 1 fully saturated rings. The van der Waals surface area contributed by atoms with Crippen LogP contribution in [0.1, 0.15) is 71.1 Å². The van der Waals surface area contributed by atoms with Gasteiger partial charge in [0.05, 0.1) is 29.5 Å². The SMILES string of the molecule is CCCCCCCCCCOc1cc(/N=N/c2ccc(S(=O)(=O)O)cc2)ccc1OCC1CC1.[NaH]. The molecule has 35 heavy (non-hydrogen) atoms. The molecule has 0 unspecified atom stereocenters. The Hall–Kier alpha value is -1.45. The molecule has 1 N–H and O–H groups in total. The average molecular weight is 513 g/mol. The van der Waals surface area contributed by atoms with Gasteiger partial charge in [0.1, 0.15) is 0 Å². The Morgan fingerprint density at radius 3 is 2.06 bits per heavy atom. The van der Waals surface area contributed by atoms with E-state index >= 15 is 0 Å². The Morgan fingerprint density at radius 2 is 1.43 bits per heavy atom. The minimum absolute atomic E-state index is 0. The number of rotatable bonds is 16. The molecule has 0 amide bonds. The first kappa shape index (κ1) is 29.8. The Morgan fingerprint density at radius 1 is 0.829 bits per heavy atom. The Bertz CT molecular complexity index is 1020. The van der Waals surface area contributed by atoms with Crippen LogP contribution < -0.4 is 9.47 Å². The summed E-state index contributed by atoms with van der Waals surface area (Å²) in [4.78, 5) is -0.180. The predicted octanol–water partition coefficient (Wildman–Crippen LogP) is 7.01. The molecule has 2 aromatic carbocycles. The molecule has 0 saturated heterocycles. The second kappa shape index (κ2) is 15.6. The van der Waals surface area contributed by atoms with E-state index in [0.29, 0.717) is 36.3 Å². The van der Waals surface area contributed by atoms with Crippen LogP contribution in [0.15, 0.2) is 57.6 Å². The number of azo groups is 1. The van der Waals surface area contributed by atoms with Crippen LogP contribution in [0.2, 0.25) is 0 Å². The van der Waals surface area contributed by atoms with Gasteiger partial charge in [-0.15, -0.1) is 0 Å². The first-order valence-corrected chi connectivity index (χ1v) is 13.8. The third-order valence-corrected chi connectivity index (χ3v) is 6.64. The van der Waals surface area contributed by atoms with Gasteiger partial charge in [-0.05, 0) is 61.6 Å². The third-order valence-electron chi connectivity index (χ3n) is 5.77. The summed E-state index contributed by atoms with van der Waals surface area (Å²) >= 11 is 0. The van der Waals surface area contributed by atoms with E-state index in [1.54, 1.807) is 0 Å². The second-order valence-corrected chi connectivity index (χ2v) is 10.3. The molecule has 3 rings (SSSR count). The molecule has 188 valence electrons. The molecule has 0 atom stereocenters. The predicted molar refractivity (Wildman–Crippen MR) is 140 cm³/mol. The number of benzene rings is 2. The monoisotopic (exact) mass is 512 g/mol. The summed E-state index contributed by atoms with van der Waals surface area (Å²) in [6.07, 6.45) is 12.4. The van der Waals surface area contributed by atoms with E-state index in [9.17, 15) is 8.42 Å². The quantitative estimate of drug-likeness (QED) is 0.113. The van der Waals surface area contributed by atoms with Crippen LogP contribution in [0.4, 0.5) is 11.4 Å². The number of unbranched alkanes of at least 4 members (excludes halogenated alkanes) is 7. The normalized spacial score (nSPS) is 13.5. The van der Waals surface area contributed by atoms with Gasteiger partial charge < -0.3 is 9.47 Å². The Kier molecular flexibility index (Phi) is 13.3. The van der Waals surface area contributed by atoms with Crippen molar-refractivity contribution in [2.75, 3.05) is 13.2 Å². The van der Waals surface area contributed by atoms with Crippen LogP contribution >= 0.6 is 0 Å². The van der Waals surface area contributed by atoms with E-state index in [4.69, 9.17) is 14.0 Å². The third kappa shape index (κ3) is 11.4. The summed E-state index contributed by atoms with van der Waals surface area (Å²) < 4.78 is 43.5. The van der Waals surface area contributed by atoms with Gasteiger partial charge in [-0.2, -0.15) is 18.6 Å². The molecule has 1 aliphatic carbocycles. The van der Waals surface area contributed by atoms with E-state index in [2.05, 4.69) is 17.2 Å². The molecule has 1 aliphatic rings. The summed E-state index contributed by atoms with van der Waals surface area (Å²) in [5.74, 6) is 2.04. The van der Waals surface area contributed by atoms with Crippen LogP contribution in [0, 0.1) is 5.92 Å². The summed E-state index contributed by atoms with van der Waals surface area (Å²) in [6.45, 7) is 3.57. The van der Waals surface area contributed by atoms with Crippen molar-refractivity contribution in [2.24, 2.45) is 16.1 Å². The maximum absolute atomic E-state index is 11.2. The van der Waals surface area contributed by atoms with Crippen LogP contribution in [-0.4, -0.2) is 55.7 Å². The van der Waals surface area contributed by atoms with Gasteiger partial charge in [0.25, 0.3) is 10.1 Å². The molecule has 1 saturated carbocycles. The van der Waals surface area contributed by atoms with Gasteiger partial charge in [-0.25, -0.2) is 0 Å². The van der Waals surface area contributed by atoms with E-state index in [-0.39, 0.29) is 34.5 Å². The van der Waals surface area contributed by atoms with E-state index in [1.165, 1.54) is 75.6 Å². The molecule has 0 bridgehead atoms. The van der Waals surface area contributed by atoms with Gasteiger partial charge in [0, 0.05) is 6.07 Å². The molecule has 0 radical (unpaired) electrons. The van der Waals surface area contributed by atoms with Crippen molar-refractivity contribution in [2.45, 2.75) is 76.0 Å². The van der Waals surface area contributed by atoms with E-state index in [0.717, 1.165) is 18.6 Å². The molecule has 9 heteroatoms. The first-order chi connectivity index (χ1) is 16.5. The molecule has 0 spiro atoms. The number of ether oxygens (including phenoxy) is 2. The number of hydrogen-bond donors (Lipinski definition) is 1. The Balaban J connectivity index is 0.00000432. The minimum atomic E-state index is -4.23. The van der Waals surface area contributed by atoms with E-state index in [1.807, 2.05) is 18.2 Å². The summed E-state index contributed by atoms with van der Waals surface area (Å²) in [5.41, 5.74) is 1.09. The zero-order chi connectivity index (χ0) is 24.2. The van der Waals surface area contributed by atoms with E-state index < -0.39 is 10.1 Å². The average Bonchev–Trinajstić information content (AvgIpc) is 3.65. The van der Waals surface area contributed by atoms with Crippen molar-refractivity contribution in [1.82, 2.24) is 0 Å². The zero-order valence-electron chi connectivity index (χ0n) is 20.0. The fraction of sp³-hybridized carbons (Fsp3) is 0.538. The summed E-state index contributed by atoms with van der Waals surface area (Å²) in [7, 11) is -4.23. The van der Waals surface area contributed by atoms with Gasteiger partial charge >= 0.3 is 29.6 Å². The van der Waals surface area contributed by atoms with Gasteiger partial charge in [-0.3, -0.25) is 4.55 Å². The topological polar surface area (TPSA) is 97.6 Å². The summed E-state index contributed by atoms with van der Waals surface area (Å²) in [5, 5.41) is 8.41. The van der Waals surface area contributed by atoms with Crippen molar-refractivity contribution >= 4 is 51.1 Å². The van der Waals surface area contributed by atoms with Gasteiger partial charge in [0.15, 0.2) is 11.5 Å². The van der Waals surface area contributed by atoms with Gasteiger partial charge in [-0.1, -0.05) is 51.9 Å². The molecule has 0 aliphatic heterocycles. The summed E-state index contributed by atoms with van der Waals surface area (Å²) in [6, 6.07) is 11.1. The van der Waals surface area contributed by atoms with Crippen molar-refractivity contribution in [3.8, 4) is 11.5 Å². The second-order valence-electron chi connectivity index (χ2n) is 8.88. The van der Waals surface area contributed by atoms with Crippen molar-refractivity contribution < 1.29 is 22.4 Å². The maximum atomic E-state index is 11.2. The van der Waals surface area contributed by atoms with Crippen LogP contribution in [0.3, 0.4) is 0 Å². The van der Waals surface area contributed by atoms with Crippen molar-refractivity contribution in [1.29, 1.82) is 0 Å².